The maximum atomic E-state index is 5.40. The lowest BCUT2D eigenvalue weighted by Gasteiger charge is -2.09. The molecule has 0 unspecified atom stereocenters. The van der Waals surface area contributed by atoms with Crippen molar-refractivity contribution >= 4 is 5.84 Å². The molecule has 0 aliphatic rings. The summed E-state index contributed by atoms with van der Waals surface area (Å²) in [6, 6.07) is 5.17. The number of hydrogen-bond acceptors (Lipinski definition) is 5. The van der Waals surface area contributed by atoms with Gasteiger partial charge in [-0.1, -0.05) is 0 Å². The van der Waals surface area contributed by atoms with Crippen LogP contribution in [0.1, 0.15) is 0 Å². The van der Waals surface area contributed by atoms with Gasteiger partial charge in [-0.3, -0.25) is 0 Å². The first-order valence-electron chi connectivity index (χ1n) is 4.57. The van der Waals surface area contributed by atoms with E-state index in [1.54, 1.807) is 32.4 Å². The van der Waals surface area contributed by atoms with E-state index < -0.39 is 0 Å². The number of rotatable bonds is 5. The van der Waals surface area contributed by atoms with Crippen LogP contribution < -0.4 is 25.8 Å². The van der Waals surface area contributed by atoms with E-state index in [1.807, 2.05) is 0 Å². The van der Waals surface area contributed by atoms with E-state index in [0.717, 1.165) is 0 Å². The van der Waals surface area contributed by atoms with Crippen molar-refractivity contribution in [3.05, 3.63) is 18.2 Å². The van der Waals surface area contributed by atoms with Crippen LogP contribution in [-0.4, -0.2) is 26.7 Å². The molecule has 0 saturated heterocycles. The van der Waals surface area contributed by atoms with Crippen molar-refractivity contribution in [3.8, 4) is 17.2 Å². The van der Waals surface area contributed by atoms with Crippen molar-refractivity contribution in [1.82, 2.24) is 0 Å². The lowest BCUT2D eigenvalue weighted by atomic mass is 10.3. The standard InChI is InChI=1S/C10H15N3O3/c1-14-7-3-8(15-2)5-9(4-7)16-6-10(11)13-12/h3-5H,6,12H2,1-2H3,(H2,11,13). The monoisotopic (exact) mass is 225 g/mol. The molecule has 88 valence electrons. The van der Waals surface area contributed by atoms with Crippen molar-refractivity contribution in [2.45, 2.75) is 0 Å². The van der Waals surface area contributed by atoms with Crippen LogP contribution in [-0.2, 0) is 0 Å². The molecule has 0 aliphatic heterocycles. The lowest BCUT2D eigenvalue weighted by molar-refractivity contribution is 0.356. The number of nitrogens with zero attached hydrogens (tertiary/aromatic N) is 1. The second-order valence-corrected chi connectivity index (χ2v) is 2.96. The molecule has 0 radical (unpaired) electrons. The Morgan fingerprint density at radius 3 is 2.06 bits per heavy atom. The molecule has 16 heavy (non-hydrogen) atoms. The van der Waals surface area contributed by atoms with Gasteiger partial charge in [0.1, 0.15) is 23.9 Å². The fourth-order valence-electron chi connectivity index (χ4n) is 1.06. The van der Waals surface area contributed by atoms with Gasteiger partial charge in [0.05, 0.1) is 14.2 Å². The van der Waals surface area contributed by atoms with Gasteiger partial charge in [-0.05, 0) is 0 Å². The third kappa shape index (κ3) is 3.23. The normalized spacial score (nSPS) is 11.0. The van der Waals surface area contributed by atoms with Gasteiger partial charge in [-0.15, -0.1) is 0 Å². The van der Waals surface area contributed by atoms with Gasteiger partial charge in [-0.2, -0.15) is 5.10 Å². The minimum absolute atomic E-state index is 0.118. The van der Waals surface area contributed by atoms with Crippen molar-refractivity contribution < 1.29 is 14.2 Å². The molecule has 0 spiro atoms. The number of amidine groups is 1. The predicted octanol–water partition coefficient (Wildman–Crippen LogP) is 0.314. The highest BCUT2D eigenvalue weighted by atomic mass is 16.5. The van der Waals surface area contributed by atoms with Crippen molar-refractivity contribution in [2.24, 2.45) is 16.7 Å². The lowest BCUT2D eigenvalue weighted by Crippen LogP contribution is -2.22. The fourth-order valence-corrected chi connectivity index (χ4v) is 1.06. The van der Waals surface area contributed by atoms with Gasteiger partial charge in [0, 0.05) is 18.2 Å². The molecule has 0 heterocycles. The van der Waals surface area contributed by atoms with E-state index in [4.69, 9.17) is 25.8 Å². The van der Waals surface area contributed by atoms with Crippen LogP contribution in [0, 0.1) is 0 Å². The number of methoxy groups -OCH3 is 2. The van der Waals surface area contributed by atoms with E-state index in [9.17, 15) is 0 Å². The van der Waals surface area contributed by atoms with Crippen LogP contribution in [0.3, 0.4) is 0 Å². The molecule has 0 amide bonds. The molecule has 6 nitrogen and oxygen atoms in total. The second kappa shape index (κ2) is 5.69. The maximum Gasteiger partial charge on any atom is 0.157 e. The summed E-state index contributed by atoms with van der Waals surface area (Å²) < 4.78 is 15.5. The minimum Gasteiger partial charge on any atom is -0.496 e. The van der Waals surface area contributed by atoms with E-state index in [-0.39, 0.29) is 12.4 Å². The molecular formula is C10H15N3O3. The number of hydrazone groups is 1. The Morgan fingerprint density at radius 2 is 1.62 bits per heavy atom. The summed E-state index contributed by atoms with van der Waals surface area (Å²) in [6.45, 7) is 0.118. The summed E-state index contributed by atoms with van der Waals surface area (Å²) in [4.78, 5) is 0. The number of nitrogens with two attached hydrogens (primary N) is 2. The van der Waals surface area contributed by atoms with Gasteiger partial charge in [0.15, 0.2) is 5.84 Å². The van der Waals surface area contributed by atoms with E-state index in [2.05, 4.69) is 5.10 Å². The number of hydrogen-bond donors (Lipinski definition) is 2. The minimum atomic E-state index is 0.118. The van der Waals surface area contributed by atoms with E-state index in [0.29, 0.717) is 17.2 Å². The van der Waals surface area contributed by atoms with Gasteiger partial charge in [-0.25, -0.2) is 0 Å². The molecule has 0 atom stereocenters. The van der Waals surface area contributed by atoms with Gasteiger partial charge in [0.2, 0.25) is 0 Å². The number of ether oxygens (including phenoxy) is 3. The SMILES string of the molecule is COc1cc(OC)cc(OC/C(N)=N/N)c1. The Bertz CT molecular complexity index is 357. The second-order valence-electron chi connectivity index (χ2n) is 2.96. The zero-order valence-electron chi connectivity index (χ0n) is 9.27. The summed E-state index contributed by atoms with van der Waals surface area (Å²) >= 11 is 0. The molecule has 0 aromatic heterocycles. The van der Waals surface area contributed by atoms with Gasteiger partial charge >= 0.3 is 0 Å². The molecule has 0 saturated carbocycles. The highest BCUT2D eigenvalue weighted by Gasteiger charge is 2.03. The maximum absolute atomic E-state index is 5.40. The van der Waals surface area contributed by atoms with Crippen LogP contribution in [0.4, 0.5) is 0 Å². The third-order valence-corrected chi connectivity index (χ3v) is 1.88. The van der Waals surface area contributed by atoms with Crippen LogP contribution in [0.15, 0.2) is 23.3 Å². The summed E-state index contributed by atoms with van der Waals surface area (Å²) in [7, 11) is 3.13. The number of benzene rings is 1. The molecule has 4 N–H and O–H groups in total. The molecule has 6 heteroatoms. The molecule has 1 aromatic rings. The van der Waals surface area contributed by atoms with Gasteiger partial charge < -0.3 is 25.8 Å². The van der Waals surface area contributed by atoms with Crippen molar-refractivity contribution in [2.75, 3.05) is 20.8 Å². The summed E-state index contributed by atoms with van der Waals surface area (Å²) in [5.41, 5.74) is 5.40. The molecule has 1 rings (SSSR count). The van der Waals surface area contributed by atoms with Crippen molar-refractivity contribution in [3.63, 3.8) is 0 Å². The molecule has 0 bridgehead atoms. The Labute approximate surface area is 93.8 Å². The largest absolute Gasteiger partial charge is 0.496 e. The topological polar surface area (TPSA) is 92.1 Å². The van der Waals surface area contributed by atoms with Crippen LogP contribution >= 0.6 is 0 Å². The first kappa shape index (κ1) is 12.0. The highest BCUT2D eigenvalue weighted by Crippen LogP contribution is 2.27. The average Bonchev–Trinajstić information content (AvgIpc) is 2.35. The Kier molecular flexibility index (Phi) is 4.26. The molecule has 1 aromatic carbocycles. The predicted molar refractivity (Wildman–Crippen MR) is 60.9 cm³/mol. The third-order valence-electron chi connectivity index (χ3n) is 1.88. The Hall–Kier alpha value is -2.11. The zero-order chi connectivity index (χ0) is 12.0. The summed E-state index contributed by atoms with van der Waals surface area (Å²) in [5.74, 6) is 7.04. The average molecular weight is 225 g/mol. The smallest absolute Gasteiger partial charge is 0.157 e. The Balaban J connectivity index is 2.78. The quantitative estimate of drug-likeness (QED) is 0.326. The van der Waals surface area contributed by atoms with E-state index >= 15 is 0 Å². The van der Waals surface area contributed by atoms with Crippen molar-refractivity contribution in [1.29, 1.82) is 0 Å². The summed E-state index contributed by atoms with van der Waals surface area (Å²) in [5, 5.41) is 3.30. The van der Waals surface area contributed by atoms with Crippen LogP contribution in [0.25, 0.3) is 0 Å². The first-order chi connectivity index (χ1) is 7.69. The van der Waals surface area contributed by atoms with Gasteiger partial charge in [0.25, 0.3) is 0 Å². The molecule has 0 aliphatic carbocycles. The molecular weight excluding hydrogens is 210 g/mol. The highest BCUT2D eigenvalue weighted by molar-refractivity contribution is 5.81. The summed E-state index contributed by atoms with van der Waals surface area (Å²) in [6.07, 6.45) is 0. The Morgan fingerprint density at radius 1 is 1.12 bits per heavy atom. The van der Waals surface area contributed by atoms with Crippen LogP contribution in [0.2, 0.25) is 0 Å². The van der Waals surface area contributed by atoms with E-state index in [1.165, 1.54) is 0 Å². The van der Waals surface area contributed by atoms with Crippen LogP contribution in [0.5, 0.6) is 17.2 Å². The fraction of sp³-hybridized carbons (Fsp3) is 0.300. The zero-order valence-corrected chi connectivity index (χ0v) is 9.27. The first-order valence-corrected chi connectivity index (χ1v) is 4.57. The molecule has 0 fully saturated rings.